The maximum absolute atomic E-state index is 11.5. The van der Waals surface area contributed by atoms with Crippen molar-refractivity contribution in [2.45, 2.75) is 6.92 Å². The quantitative estimate of drug-likeness (QED) is 0.336. The highest BCUT2D eigenvalue weighted by Crippen LogP contribution is 2.18. The summed E-state index contributed by atoms with van der Waals surface area (Å²) in [5.41, 5.74) is 0.716. The van der Waals surface area contributed by atoms with E-state index in [1.807, 2.05) is 0 Å². The third-order valence-electron chi connectivity index (χ3n) is 2.26. The average Bonchev–Trinajstić information content (AvgIpc) is 2.44. The topological polar surface area (TPSA) is 74.9 Å². The maximum Gasteiger partial charge on any atom is 0.325 e. The summed E-state index contributed by atoms with van der Waals surface area (Å²) in [6, 6.07) is 7.05. The number of carbonyl (C=O) groups is 1. The molecule has 0 bridgehead atoms. The highest BCUT2D eigenvalue weighted by molar-refractivity contribution is 5.88. The zero-order valence-corrected chi connectivity index (χ0v) is 10.9. The molecule has 6 nitrogen and oxygen atoms in total. The van der Waals surface area contributed by atoms with Crippen LogP contribution in [0.25, 0.3) is 0 Å². The van der Waals surface area contributed by atoms with Gasteiger partial charge in [-0.1, -0.05) is 0 Å². The minimum Gasteiger partial charge on any atom is -0.497 e. The van der Waals surface area contributed by atoms with Gasteiger partial charge in [0, 0.05) is 5.69 Å². The third kappa shape index (κ3) is 4.68. The Morgan fingerprint density at radius 1 is 1.47 bits per heavy atom. The van der Waals surface area contributed by atoms with Crippen LogP contribution in [0.4, 0.5) is 5.69 Å². The first-order valence-electron chi connectivity index (χ1n) is 5.69. The molecule has 0 radical (unpaired) electrons. The van der Waals surface area contributed by atoms with E-state index in [2.05, 4.69) is 4.99 Å². The van der Waals surface area contributed by atoms with Crippen molar-refractivity contribution in [3.63, 3.8) is 0 Å². The number of anilines is 1. The highest BCUT2D eigenvalue weighted by Gasteiger charge is 2.10. The molecule has 0 fully saturated rings. The summed E-state index contributed by atoms with van der Waals surface area (Å²) in [4.78, 5) is 16.5. The minimum absolute atomic E-state index is 0.00858. The van der Waals surface area contributed by atoms with Crippen molar-refractivity contribution in [3.8, 4) is 11.9 Å². The van der Waals surface area contributed by atoms with Gasteiger partial charge in [-0.05, 0) is 31.2 Å². The zero-order valence-electron chi connectivity index (χ0n) is 10.9. The molecular formula is C13H15N3O3. The van der Waals surface area contributed by atoms with Crippen molar-refractivity contribution in [1.82, 2.24) is 0 Å². The summed E-state index contributed by atoms with van der Waals surface area (Å²) in [7, 11) is 1.57. The SMILES string of the molecule is CCOC(=O)CN(C=NC#N)c1ccc(OC)cc1. The Labute approximate surface area is 111 Å². The molecule has 0 aromatic heterocycles. The van der Waals surface area contributed by atoms with E-state index in [4.69, 9.17) is 14.7 Å². The first-order valence-corrected chi connectivity index (χ1v) is 5.69. The molecule has 1 aromatic carbocycles. The first kappa shape index (κ1) is 14.5. The monoisotopic (exact) mass is 261 g/mol. The van der Waals surface area contributed by atoms with Crippen LogP contribution in [0.3, 0.4) is 0 Å². The van der Waals surface area contributed by atoms with Gasteiger partial charge in [0.05, 0.1) is 13.7 Å². The molecule has 1 aromatic rings. The Balaban J connectivity index is 2.86. The Morgan fingerprint density at radius 3 is 2.68 bits per heavy atom. The fraction of sp³-hybridized carbons (Fsp3) is 0.308. The van der Waals surface area contributed by atoms with Crippen LogP contribution in [0, 0.1) is 11.5 Å². The van der Waals surface area contributed by atoms with Crippen molar-refractivity contribution in [2.24, 2.45) is 4.99 Å². The minimum atomic E-state index is -0.386. The van der Waals surface area contributed by atoms with E-state index >= 15 is 0 Å². The number of hydrogen-bond acceptors (Lipinski definition) is 5. The number of esters is 1. The van der Waals surface area contributed by atoms with E-state index in [0.717, 1.165) is 0 Å². The van der Waals surface area contributed by atoms with Crippen LogP contribution in [-0.2, 0) is 9.53 Å². The first-order chi connectivity index (χ1) is 9.21. The molecular weight excluding hydrogens is 246 g/mol. The van der Waals surface area contributed by atoms with Crippen LogP contribution in [0.5, 0.6) is 5.75 Å². The van der Waals surface area contributed by atoms with Gasteiger partial charge in [0.25, 0.3) is 0 Å². The van der Waals surface area contributed by atoms with Crippen LogP contribution in [0.2, 0.25) is 0 Å². The molecule has 0 spiro atoms. The third-order valence-corrected chi connectivity index (χ3v) is 2.26. The number of carbonyl (C=O) groups excluding carboxylic acids is 1. The molecule has 0 aliphatic rings. The van der Waals surface area contributed by atoms with Gasteiger partial charge in [-0.2, -0.15) is 10.3 Å². The molecule has 19 heavy (non-hydrogen) atoms. The Kier molecular flexibility index (Phi) is 5.89. The summed E-state index contributed by atoms with van der Waals surface area (Å²) < 4.78 is 9.92. The molecule has 0 amide bonds. The second kappa shape index (κ2) is 7.71. The molecule has 0 saturated heterocycles. The fourth-order valence-electron chi connectivity index (χ4n) is 1.41. The number of nitrogens with zero attached hydrogens (tertiary/aromatic N) is 3. The molecule has 1 rings (SSSR count). The maximum atomic E-state index is 11.5. The van der Waals surface area contributed by atoms with E-state index in [1.165, 1.54) is 11.2 Å². The van der Waals surface area contributed by atoms with Crippen molar-refractivity contribution in [1.29, 1.82) is 5.26 Å². The Bertz CT molecular complexity index is 477. The van der Waals surface area contributed by atoms with Crippen LogP contribution in [-0.4, -0.2) is 32.6 Å². The predicted octanol–water partition coefficient (Wildman–Crippen LogP) is 1.57. The second-order valence-electron chi connectivity index (χ2n) is 3.48. The number of benzene rings is 1. The van der Waals surface area contributed by atoms with Gasteiger partial charge in [-0.15, -0.1) is 0 Å². The Morgan fingerprint density at radius 2 is 2.16 bits per heavy atom. The molecule has 0 saturated carbocycles. The van der Waals surface area contributed by atoms with Gasteiger partial charge in [0.15, 0.2) is 0 Å². The number of ether oxygens (including phenoxy) is 2. The lowest BCUT2D eigenvalue weighted by Crippen LogP contribution is -2.29. The lowest BCUT2D eigenvalue weighted by atomic mass is 10.3. The number of nitriles is 1. The molecule has 0 unspecified atom stereocenters. The lowest BCUT2D eigenvalue weighted by Gasteiger charge is -2.18. The summed E-state index contributed by atoms with van der Waals surface area (Å²) in [5.74, 6) is 0.319. The zero-order chi connectivity index (χ0) is 14.1. The number of methoxy groups -OCH3 is 1. The molecule has 0 N–H and O–H groups in total. The van der Waals surface area contributed by atoms with E-state index in [9.17, 15) is 4.79 Å². The molecule has 100 valence electrons. The largest absolute Gasteiger partial charge is 0.497 e. The molecule has 0 atom stereocenters. The van der Waals surface area contributed by atoms with Crippen LogP contribution in [0.1, 0.15) is 6.92 Å². The van der Waals surface area contributed by atoms with Crippen molar-refractivity contribution >= 4 is 18.0 Å². The summed E-state index contributed by atoms with van der Waals surface area (Å²) in [6.45, 7) is 2.04. The lowest BCUT2D eigenvalue weighted by molar-refractivity contribution is -0.141. The number of aliphatic imine (C=N–C) groups is 1. The van der Waals surface area contributed by atoms with Gasteiger partial charge in [0.2, 0.25) is 6.19 Å². The molecule has 0 heterocycles. The second-order valence-corrected chi connectivity index (χ2v) is 3.48. The normalized spacial score (nSPS) is 9.95. The van der Waals surface area contributed by atoms with Gasteiger partial charge >= 0.3 is 5.97 Å². The van der Waals surface area contributed by atoms with Gasteiger partial charge in [-0.3, -0.25) is 4.79 Å². The van der Waals surface area contributed by atoms with Crippen LogP contribution in [0.15, 0.2) is 29.3 Å². The van der Waals surface area contributed by atoms with E-state index in [-0.39, 0.29) is 12.5 Å². The smallest absolute Gasteiger partial charge is 0.325 e. The average molecular weight is 261 g/mol. The summed E-state index contributed by atoms with van der Waals surface area (Å²) >= 11 is 0. The van der Waals surface area contributed by atoms with E-state index in [0.29, 0.717) is 18.0 Å². The van der Waals surface area contributed by atoms with Crippen molar-refractivity contribution < 1.29 is 14.3 Å². The fourth-order valence-corrected chi connectivity index (χ4v) is 1.41. The van der Waals surface area contributed by atoms with Crippen LogP contribution >= 0.6 is 0 Å². The molecule has 0 aliphatic heterocycles. The molecule has 0 aliphatic carbocycles. The number of hydrogen-bond donors (Lipinski definition) is 0. The van der Waals surface area contributed by atoms with Gasteiger partial charge in [-0.25, -0.2) is 0 Å². The van der Waals surface area contributed by atoms with Crippen LogP contribution < -0.4 is 9.64 Å². The number of rotatable bonds is 6. The Hall–Kier alpha value is -2.55. The standard InChI is InChI=1S/C13H15N3O3/c1-3-19-13(17)8-16(10-15-9-14)11-4-6-12(18-2)7-5-11/h4-7,10H,3,8H2,1-2H3. The van der Waals surface area contributed by atoms with Crippen molar-refractivity contribution in [2.75, 3.05) is 25.2 Å². The molecule has 6 heteroatoms. The summed E-state index contributed by atoms with van der Waals surface area (Å²) in [6.07, 6.45) is 2.94. The van der Waals surface area contributed by atoms with E-state index < -0.39 is 0 Å². The summed E-state index contributed by atoms with van der Waals surface area (Å²) in [5, 5.41) is 8.47. The van der Waals surface area contributed by atoms with Crippen molar-refractivity contribution in [3.05, 3.63) is 24.3 Å². The van der Waals surface area contributed by atoms with E-state index in [1.54, 1.807) is 44.5 Å². The highest BCUT2D eigenvalue weighted by atomic mass is 16.5. The van der Waals surface area contributed by atoms with Gasteiger partial charge in [0.1, 0.15) is 18.6 Å². The predicted molar refractivity (Wildman–Crippen MR) is 71.1 cm³/mol. The van der Waals surface area contributed by atoms with Gasteiger partial charge < -0.3 is 14.4 Å².